The van der Waals surface area contributed by atoms with Gasteiger partial charge in [0.25, 0.3) is 11.9 Å². The van der Waals surface area contributed by atoms with Gasteiger partial charge in [-0.25, -0.2) is 0 Å². The van der Waals surface area contributed by atoms with E-state index in [0.717, 1.165) is 67.9 Å². The molecule has 30 heavy (non-hydrogen) atoms. The van der Waals surface area contributed by atoms with Crippen molar-refractivity contribution in [3.8, 4) is 5.75 Å². The van der Waals surface area contributed by atoms with Crippen molar-refractivity contribution in [3.05, 3.63) is 47.5 Å². The highest BCUT2D eigenvalue weighted by molar-refractivity contribution is 6.05. The molecule has 3 aromatic rings. The third kappa shape index (κ3) is 2.84. The second kappa shape index (κ2) is 6.74. The molecule has 0 saturated carbocycles. The Labute approximate surface area is 174 Å². The predicted molar refractivity (Wildman–Crippen MR) is 112 cm³/mol. The first kappa shape index (κ1) is 17.8. The number of nitrogens with zero attached hydrogens (tertiary/aromatic N) is 2. The van der Waals surface area contributed by atoms with E-state index in [4.69, 9.17) is 18.9 Å². The molecule has 0 atom stereocenters. The van der Waals surface area contributed by atoms with Gasteiger partial charge in [-0.1, -0.05) is 0 Å². The number of aromatic nitrogens is 1. The molecule has 0 bridgehead atoms. The van der Waals surface area contributed by atoms with Gasteiger partial charge in [0, 0.05) is 37.4 Å². The molecule has 1 spiro atoms. The summed E-state index contributed by atoms with van der Waals surface area (Å²) in [6, 6.07) is 11.8. The zero-order valence-electron chi connectivity index (χ0n) is 16.6. The van der Waals surface area contributed by atoms with Gasteiger partial charge in [0.1, 0.15) is 11.3 Å². The molecule has 154 valence electrons. The molecular weight excluding hydrogens is 382 g/mol. The minimum Gasteiger partial charge on any atom is -0.493 e. The number of amides is 1. The lowest BCUT2D eigenvalue weighted by Gasteiger charge is -2.53. The van der Waals surface area contributed by atoms with Gasteiger partial charge >= 0.3 is 0 Å². The van der Waals surface area contributed by atoms with Gasteiger partial charge in [0.15, 0.2) is 5.58 Å². The lowest BCUT2D eigenvalue weighted by molar-refractivity contribution is 0.0265. The number of rotatable bonds is 3. The van der Waals surface area contributed by atoms with Gasteiger partial charge in [-0.2, -0.15) is 4.98 Å². The van der Waals surface area contributed by atoms with Crippen molar-refractivity contribution >= 4 is 28.7 Å². The highest BCUT2D eigenvalue weighted by Crippen LogP contribution is 2.43. The number of carbonyl (C=O) groups is 1. The van der Waals surface area contributed by atoms with E-state index >= 15 is 0 Å². The fourth-order valence-corrected chi connectivity index (χ4v) is 4.75. The number of anilines is 2. The van der Waals surface area contributed by atoms with E-state index in [1.54, 1.807) is 6.07 Å². The lowest BCUT2D eigenvalue weighted by atomic mass is 9.78. The molecule has 2 aromatic carbocycles. The first-order chi connectivity index (χ1) is 14.7. The molecule has 1 aromatic heterocycles. The van der Waals surface area contributed by atoms with E-state index in [0.29, 0.717) is 23.9 Å². The molecule has 2 saturated heterocycles. The molecular formula is C23H23N3O4. The van der Waals surface area contributed by atoms with Crippen LogP contribution in [0.25, 0.3) is 11.1 Å². The summed E-state index contributed by atoms with van der Waals surface area (Å²) in [6.07, 6.45) is 4.02. The van der Waals surface area contributed by atoms with E-state index in [2.05, 4.69) is 10.2 Å². The van der Waals surface area contributed by atoms with Crippen LogP contribution in [0.4, 0.5) is 11.7 Å². The highest BCUT2D eigenvalue weighted by Gasteiger charge is 2.47. The maximum Gasteiger partial charge on any atom is 0.298 e. The Balaban J connectivity index is 1.22. The summed E-state index contributed by atoms with van der Waals surface area (Å²) in [4.78, 5) is 19.7. The Kier molecular flexibility index (Phi) is 3.99. The van der Waals surface area contributed by atoms with E-state index in [1.165, 1.54) is 0 Å². The zero-order chi connectivity index (χ0) is 20.1. The number of nitrogens with one attached hydrogen (secondary N) is 1. The van der Waals surface area contributed by atoms with Gasteiger partial charge < -0.3 is 24.1 Å². The van der Waals surface area contributed by atoms with Crippen LogP contribution in [0, 0.1) is 0 Å². The smallest absolute Gasteiger partial charge is 0.298 e. The van der Waals surface area contributed by atoms with E-state index in [9.17, 15) is 4.79 Å². The van der Waals surface area contributed by atoms with Crippen molar-refractivity contribution in [1.82, 2.24) is 4.98 Å². The molecule has 7 nitrogen and oxygen atoms in total. The van der Waals surface area contributed by atoms with Crippen molar-refractivity contribution in [2.45, 2.75) is 31.2 Å². The number of hydrogen-bond donors (Lipinski definition) is 1. The summed E-state index contributed by atoms with van der Waals surface area (Å²) in [5, 5.41) is 2.97. The minimum atomic E-state index is -0.142. The van der Waals surface area contributed by atoms with Crippen molar-refractivity contribution in [1.29, 1.82) is 0 Å². The van der Waals surface area contributed by atoms with Crippen molar-refractivity contribution in [2.75, 3.05) is 36.6 Å². The minimum absolute atomic E-state index is 0.132. The maximum absolute atomic E-state index is 12.7. The van der Waals surface area contributed by atoms with Crippen LogP contribution in [0.15, 0.2) is 40.8 Å². The topological polar surface area (TPSA) is 76.8 Å². The summed E-state index contributed by atoms with van der Waals surface area (Å²) in [5.74, 6) is 0.730. The van der Waals surface area contributed by atoms with Gasteiger partial charge in [0.2, 0.25) is 0 Å². The number of benzene rings is 2. The van der Waals surface area contributed by atoms with E-state index in [-0.39, 0.29) is 11.4 Å². The van der Waals surface area contributed by atoms with Crippen molar-refractivity contribution in [3.63, 3.8) is 0 Å². The number of fused-ring (bicyclic) bond motifs is 2. The fraction of sp³-hybridized carbons (Fsp3) is 0.391. The molecule has 6 rings (SSSR count). The van der Waals surface area contributed by atoms with E-state index < -0.39 is 0 Å². The molecule has 2 fully saturated rings. The molecule has 1 amide bonds. The van der Waals surface area contributed by atoms with Crippen LogP contribution in [0.5, 0.6) is 5.75 Å². The van der Waals surface area contributed by atoms with Gasteiger partial charge in [-0.15, -0.1) is 0 Å². The summed E-state index contributed by atoms with van der Waals surface area (Å²) in [5.41, 5.74) is 4.02. The third-order valence-corrected chi connectivity index (χ3v) is 6.61. The first-order valence-corrected chi connectivity index (χ1v) is 10.5. The summed E-state index contributed by atoms with van der Waals surface area (Å²) in [6.45, 7) is 3.22. The van der Waals surface area contributed by atoms with Crippen LogP contribution in [0.2, 0.25) is 0 Å². The third-order valence-electron chi connectivity index (χ3n) is 6.61. The van der Waals surface area contributed by atoms with Crippen molar-refractivity contribution < 1.29 is 18.7 Å². The standard InChI is InChI=1S/C23H23N3O4/c27-21(16-1-3-19-15(13-16)5-10-29-19)24-17-2-4-20-18(14-17)25-22(30-20)26-9-6-23(26)7-11-28-12-8-23/h1-4,13-14H,5-12H2,(H,24,27). The highest BCUT2D eigenvalue weighted by atomic mass is 16.5. The maximum atomic E-state index is 12.7. The Bertz CT molecular complexity index is 1130. The van der Waals surface area contributed by atoms with Crippen LogP contribution >= 0.6 is 0 Å². The molecule has 0 radical (unpaired) electrons. The number of oxazole rings is 1. The summed E-state index contributed by atoms with van der Waals surface area (Å²) < 4.78 is 17.1. The first-order valence-electron chi connectivity index (χ1n) is 10.5. The second-order valence-corrected chi connectivity index (χ2v) is 8.29. The number of ether oxygens (including phenoxy) is 2. The normalized spacial score (nSPS) is 19.4. The molecule has 1 N–H and O–H groups in total. The monoisotopic (exact) mass is 405 g/mol. The Hall–Kier alpha value is -3.06. The zero-order valence-corrected chi connectivity index (χ0v) is 16.6. The molecule has 0 unspecified atom stereocenters. The largest absolute Gasteiger partial charge is 0.493 e. The SMILES string of the molecule is O=C(Nc1ccc2oc(N3CCC34CCOCC4)nc2c1)c1ccc2c(c1)CCO2. The quantitative estimate of drug-likeness (QED) is 0.715. The van der Waals surface area contributed by atoms with Gasteiger partial charge in [0.05, 0.1) is 12.1 Å². The Morgan fingerprint density at radius 3 is 2.80 bits per heavy atom. The van der Waals surface area contributed by atoms with Crippen LogP contribution < -0.4 is 15.0 Å². The predicted octanol–water partition coefficient (Wildman–Crippen LogP) is 3.77. The summed E-state index contributed by atoms with van der Waals surface area (Å²) in [7, 11) is 0. The lowest BCUT2D eigenvalue weighted by Crippen LogP contribution is -2.62. The van der Waals surface area contributed by atoms with Gasteiger partial charge in [-0.05, 0) is 61.2 Å². The molecule has 0 aliphatic carbocycles. The van der Waals surface area contributed by atoms with Gasteiger partial charge in [-0.3, -0.25) is 4.79 Å². The number of hydrogen-bond acceptors (Lipinski definition) is 6. The Morgan fingerprint density at radius 2 is 1.97 bits per heavy atom. The molecule has 4 heterocycles. The fourth-order valence-electron chi connectivity index (χ4n) is 4.75. The van der Waals surface area contributed by atoms with Crippen LogP contribution in [-0.4, -0.2) is 42.8 Å². The van der Waals surface area contributed by atoms with Crippen LogP contribution in [-0.2, 0) is 11.2 Å². The second-order valence-electron chi connectivity index (χ2n) is 8.29. The summed E-state index contributed by atoms with van der Waals surface area (Å²) >= 11 is 0. The van der Waals surface area contributed by atoms with E-state index in [1.807, 2.05) is 30.3 Å². The molecule has 3 aliphatic heterocycles. The van der Waals surface area contributed by atoms with Crippen LogP contribution in [0.1, 0.15) is 35.2 Å². The number of carbonyl (C=O) groups excluding carboxylic acids is 1. The Morgan fingerprint density at radius 1 is 1.07 bits per heavy atom. The molecule has 7 heteroatoms. The average molecular weight is 405 g/mol. The average Bonchev–Trinajstić information content (AvgIpc) is 3.39. The molecule has 3 aliphatic rings. The van der Waals surface area contributed by atoms with Crippen LogP contribution in [0.3, 0.4) is 0 Å². The van der Waals surface area contributed by atoms with Crippen molar-refractivity contribution in [2.24, 2.45) is 0 Å².